The fourth-order valence-electron chi connectivity index (χ4n) is 2.08. The molecule has 0 bridgehead atoms. The molecule has 6 heteroatoms. The van der Waals surface area contributed by atoms with E-state index in [4.69, 9.17) is 9.26 Å². The first-order valence-corrected chi connectivity index (χ1v) is 6.79. The number of hydrogen-bond acceptors (Lipinski definition) is 5. The van der Waals surface area contributed by atoms with Crippen LogP contribution in [-0.2, 0) is 12.8 Å². The molecule has 0 aliphatic heterocycles. The van der Waals surface area contributed by atoms with Gasteiger partial charge in [0.2, 0.25) is 11.7 Å². The summed E-state index contributed by atoms with van der Waals surface area (Å²) in [5.41, 5.74) is 1.90. The van der Waals surface area contributed by atoms with E-state index in [1.165, 1.54) is 0 Å². The number of aryl methyl sites for hydroxylation is 1. The van der Waals surface area contributed by atoms with Gasteiger partial charge in [0.15, 0.2) is 0 Å². The Balaban J connectivity index is 1.83. The molecule has 0 atom stereocenters. The molecule has 108 valence electrons. The molecule has 1 aromatic carbocycles. The Bertz CT molecular complexity index is 733. The average molecular weight is 284 g/mol. The Morgan fingerprint density at radius 1 is 1.29 bits per heavy atom. The van der Waals surface area contributed by atoms with E-state index >= 15 is 0 Å². The van der Waals surface area contributed by atoms with Crippen LogP contribution in [0.4, 0.5) is 0 Å². The minimum atomic E-state index is 0.488. The first kappa shape index (κ1) is 13.4. The Kier molecular flexibility index (Phi) is 3.68. The van der Waals surface area contributed by atoms with E-state index in [0.29, 0.717) is 18.1 Å². The maximum atomic E-state index is 5.30. The van der Waals surface area contributed by atoms with Crippen molar-refractivity contribution >= 4 is 0 Å². The van der Waals surface area contributed by atoms with Gasteiger partial charge in [-0.3, -0.25) is 0 Å². The predicted molar refractivity (Wildman–Crippen MR) is 77.1 cm³/mol. The summed E-state index contributed by atoms with van der Waals surface area (Å²) < 4.78 is 10.6. The Morgan fingerprint density at radius 2 is 2.14 bits per heavy atom. The summed E-state index contributed by atoms with van der Waals surface area (Å²) in [5.74, 6) is 2.58. The molecule has 0 aliphatic rings. The van der Waals surface area contributed by atoms with Crippen LogP contribution in [0.2, 0.25) is 0 Å². The van der Waals surface area contributed by atoms with Crippen molar-refractivity contribution < 1.29 is 9.26 Å². The number of methoxy groups -OCH3 is 1. The molecule has 3 aromatic rings. The fraction of sp³-hybridized carbons (Fsp3) is 0.267. The number of para-hydroxylation sites is 1. The predicted octanol–water partition coefficient (Wildman–Crippen LogP) is 2.62. The monoisotopic (exact) mass is 284 g/mol. The van der Waals surface area contributed by atoms with Gasteiger partial charge in [-0.05, 0) is 18.6 Å². The molecule has 0 saturated heterocycles. The summed E-state index contributed by atoms with van der Waals surface area (Å²) in [4.78, 5) is 11.9. The van der Waals surface area contributed by atoms with Crippen LogP contribution >= 0.6 is 0 Å². The summed E-state index contributed by atoms with van der Waals surface area (Å²) >= 11 is 0. The quantitative estimate of drug-likeness (QED) is 0.779. The van der Waals surface area contributed by atoms with Crippen LogP contribution in [0.5, 0.6) is 5.75 Å². The van der Waals surface area contributed by atoms with Gasteiger partial charge in [0.25, 0.3) is 0 Å². The van der Waals surface area contributed by atoms with Gasteiger partial charge >= 0.3 is 0 Å². The van der Waals surface area contributed by atoms with Crippen molar-refractivity contribution in [1.82, 2.24) is 20.1 Å². The van der Waals surface area contributed by atoms with Crippen LogP contribution in [0.1, 0.15) is 24.3 Å². The highest BCUT2D eigenvalue weighted by Crippen LogP contribution is 2.27. The molecule has 0 amide bonds. The summed E-state index contributed by atoms with van der Waals surface area (Å²) in [6.07, 6.45) is 3.23. The maximum absolute atomic E-state index is 5.30. The van der Waals surface area contributed by atoms with Crippen LogP contribution < -0.4 is 4.74 Å². The Labute approximate surface area is 122 Å². The number of aromatic nitrogens is 4. The molecule has 6 nitrogen and oxygen atoms in total. The maximum Gasteiger partial charge on any atom is 0.234 e. The number of ether oxygens (including phenoxy) is 1. The molecule has 0 radical (unpaired) electrons. The number of H-pyrrole nitrogens is 1. The number of imidazole rings is 1. The first-order chi connectivity index (χ1) is 10.3. The standard InChI is InChI=1S/C15H16N4O2/c1-3-10-9-16-13(17-10)8-14-18-15(19-21-14)11-6-4-5-7-12(11)20-2/h4-7,9H,3,8H2,1-2H3,(H,16,17). The van der Waals surface area contributed by atoms with E-state index in [9.17, 15) is 0 Å². The molecule has 0 spiro atoms. The third-order valence-corrected chi connectivity index (χ3v) is 3.20. The van der Waals surface area contributed by atoms with Crippen molar-refractivity contribution in [1.29, 1.82) is 0 Å². The Morgan fingerprint density at radius 3 is 2.90 bits per heavy atom. The molecular weight excluding hydrogens is 268 g/mol. The first-order valence-electron chi connectivity index (χ1n) is 6.79. The van der Waals surface area contributed by atoms with Gasteiger partial charge in [0, 0.05) is 11.9 Å². The van der Waals surface area contributed by atoms with Gasteiger partial charge in [0.05, 0.1) is 19.1 Å². The lowest BCUT2D eigenvalue weighted by Crippen LogP contribution is -1.92. The topological polar surface area (TPSA) is 76.8 Å². The smallest absolute Gasteiger partial charge is 0.234 e. The van der Waals surface area contributed by atoms with Crippen molar-refractivity contribution in [3.8, 4) is 17.1 Å². The fourth-order valence-corrected chi connectivity index (χ4v) is 2.08. The van der Waals surface area contributed by atoms with Gasteiger partial charge in [0.1, 0.15) is 11.6 Å². The zero-order chi connectivity index (χ0) is 14.7. The minimum Gasteiger partial charge on any atom is -0.496 e. The van der Waals surface area contributed by atoms with E-state index in [-0.39, 0.29) is 0 Å². The third-order valence-electron chi connectivity index (χ3n) is 3.20. The largest absolute Gasteiger partial charge is 0.496 e. The summed E-state index contributed by atoms with van der Waals surface area (Å²) in [5, 5.41) is 4.01. The molecule has 1 N–H and O–H groups in total. The van der Waals surface area contributed by atoms with Gasteiger partial charge in [-0.15, -0.1) is 0 Å². The lowest BCUT2D eigenvalue weighted by Gasteiger charge is -2.02. The van der Waals surface area contributed by atoms with Crippen LogP contribution in [0.3, 0.4) is 0 Å². The molecule has 21 heavy (non-hydrogen) atoms. The number of aromatic amines is 1. The SMILES string of the molecule is CCc1cnc(Cc2nc(-c3ccccc3OC)no2)[nH]1. The van der Waals surface area contributed by atoms with Crippen LogP contribution in [0.15, 0.2) is 35.0 Å². The molecule has 0 saturated carbocycles. The lowest BCUT2D eigenvalue weighted by atomic mass is 10.2. The van der Waals surface area contributed by atoms with Gasteiger partial charge in [-0.25, -0.2) is 4.98 Å². The third kappa shape index (κ3) is 2.79. The number of rotatable bonds is 5. The molecule has 0 fully saturated rings. The zero-order valence-corrected chi connectivity index (χ0v) is 12.0. The summed E-state index contributed by atoms with van der Waals surface area (Å²) in [7, 11) is 1.62. The van der Waals surface area contributed by atoms with E-state index in [1.807, 2.05) is 30.5 Å². The van der Waals surface area contributed by atoms with Crippen molar-refractivity contribution in [2.75, 3.05) is 7.11 Å². The second-order valence-electron chi connectivity index (χ2n) is 4.60. The summed E-state index contributed by atoms with van der Waals surface area (Å²) in [6, 6.07) is 7.58. The number of nitrogens with one attached hydrogen (secondary N) is 1. The second kappa shape index (κ2) is 5.78. The number of nitrogens with zero attached hydrogens (tertiary/aromatic N) is 3. The number of hydrogen-bond donors (Lipinski definition) is 1. The molecule has 2 heterocycles. The second-order valence-corrected chi connectivity index (χ2v) is 4.60. The van der Waals surface area contributed by atoms with Crippen molar-refractivity contribution in [3.05, 3.63) is 47.9 Å². The highest BCUT2D eigenvalue weighted by molar-refractivity contribution is 5.63. The summed E-state index contributed by atoms with van der Waals surface area (Å²) in [6.45, 7) is 2.07. The normalized spacial score (nSPS) is 10.8. The van der Waals surface area contributed by atoms with Crippen LogP contribution in [0.25, 0.3) is 11.4 Å². The highest BCUT2D eigenvalue weighted by atomic mass is 16.5. The molecular formula is C15H16N4O2. The van der Waals surface area contributed by atoms with Crippen LogP contribution in [0, 0.1) is 0 Å². The van der Waals surface area contributed by atoms with Gasteiger partial charge in [-0.2, -0.15) is 4.98 Å². The van der Waals surface area contributed by atoms with E-state index in [2.05, 4.69) is 27.0 Å². The molecule has 2 aromatic heterocycles. The lowest BCUT2D eigenvalue weighted by molar-refractivity contribution is 0.383. The van der Waals surface area contributed by atoms with Crippen molar-refractivity contribution in [2.45, 2.75) is 19.8 Å². The number of benzene rings is 1. The van der Waals surface area contributed by atoms with Gasteiger partial charge in [-0.1, -0.05) is 24.2 Å². The minimum absolute atomic E-state index is 0.488. The Hall–Kier alpha value is -2.63. The van der Waals surface area contributed by atoms with Crippen molar-refractivity contribution in [3.63, 3.8) is 0 Å². The van der Waals surface area contributed by atoms with Crippen molar-refractivity contribution in [2.24, 2.45) is 0 Å². The molecule has 0 unspecified atom stereocenters. The average Bonchev–Trinajstić information content (AvgIpc) is 3.17. The van der Waals surface area contributed by atoms with E-state index < -0.39 is 0 Å². The highest BCUT2D eigenvalue weighted by Gasteiger charge is 2.14. The van der Waals surface area contributed by atoms with Crippen LogP contribution in [-0.4, -0.2) is 27.2 Å². The molecule has 3 rings (SSSR count). The van der Waals surface area contributed by atoms with Gasteiger partial charge < -0.3 is 14.2 Å². The van der Waals surface area contributed by atoms with E-state index in [0.717, 1.165) is 29.3 Å². The van der Waals surface area contributed by atoms with E-state index in [1.54, 1.807) is 7.11 Å². The molecule has 0 aliphatic carbocycles. The zero-order valence-electron chi connectivity index (χ0n) is 12.0.